The van der Waals surface area contributed by atoms with Crippen molar-refractivity contribution in [2.24, 2.45) is 4.99 Å². The van der Waals surface area contributed by atoms with Gasteiger partial charge in [-0.1, -0.05) is 66.7 Å². The third-order valence-electron chi connectivity index (χ3n) is 5.62. The van der Waals surface area contributed by atoms with Crippen LogP contribution in [0, 0.1) is 0 Å². The lowest BCUT2D eigenvalue weighted by molar-refractivity contribution is 0.104. The summed E-state index contributed by atoms with van der Waals surface area (Å²) < 4.78 is 0. The van der Waals surface area contributed by atoms with E-state index in [9.17, 15) is 4.79 Å². The summed E-state index contributed by atoms with van der Waals surface area (Å²) in [6.07, 6.45) is 4.02. The Balaban J connectivity index is 1.60. The van der Waals surface area contributed by atoms with Gasteiger partial charge in [-0.15, -0.1) is 11.8 Å². The smallest absolute Gasteiger partial charge is 0.186 e. The maximum atomic E-state index is 13.2. The molecule has 2 aliphatic rings. The second-order valence-corrected chi connectivity index (χ2v) is 8.60. The predicted molar refractivity (Wildman–Crippen MR) is 124 cm³/mol. The number of carbonyl (C=O) groups is 1. The van der Waals surface area contributed by atoms with Crippen molar-refractivity contribution in [1.29, 1.82) is 0 Å². The van der Waals surface area contributed by atoms with Gasteiger partial charge < -0.3 is 0 Å². The molecule has 0 N–H and O–H groups in total. The Morgan fingerprint density at radius 2 is 1.83 bits per heavy atom. The number of ketones is 1. The molecule has 1 atom stereocenters. The zero-order valence-corrected chi connectivity index (χ0v) is 17.1. The van der Waals surface area contributed by atoms with E-state index in [2.05, 4.69) is 43.3 Å². The van der Waals surface area contributed by atoms with Crippen LogP contribution in [0.1, 0.15) is 34.3 Å². The third-order valence-corrected chi connectivity index (χ3v) is 6.67. The lowest BCUT2D eigenvalue weighted by Crippen LogP contribution is -2.17. The second-order valence-electron chi connectivity index (χ2n) is 7.48. The first kappa shape index (κ1) is 18.1. The molecule has 1 unspecified atom stereocenters. The van der Waals surface area contributed by atoms with E-state index in [0.717, 1.165) is 44.8 Å². The highest BCUT2D eigenvalue weighted by molar-refractivity contribution is 8.14. The molecule has 0 radical (unpaired) electrons. The molecule has 0 fully saturated rings. The van der Waals surface area contributed by atoms with Crippen molar-refractivity contribution in [2.45, 2.75) is 12.8 Å². The van der Waals surface area contributed by atoms with Crippen molar-refractivity contribution < 1.29 is 4.79 Å². The third kappa shape index (κ3) is 3.36. The molecule has 1 aliphatic carbocycles. The highest BCUT2D eigenvalue weighted by Crippen LogP contribution is 2.42. The van der Waals surface area contributed by atoms with Gasteiger partial charge in [-0.25, -0.2) is 0 Å². The lowest BCUT2D eigenvalue weighted by Gasteiger charge is -2.27. The van der Waals surface area contributed by atoms with E-state index >= 15 is 0 Å². The van der Waals surface area contributed by atoms with Crippen molar-refractivity contribution in [3.05, 3.63) is 101 Å². The van der Waals surface area contributed by atoms with Gasteiger partial charge in [0.1, 0.15) is 0 Å². The molecule has 0 saturated carbocycles. The molecular weight excluding hydrogens is 374 g/mol. The molecule has 0 saturated heterocycles. The predicted octanol–water partition coefficient (Wildman–Crippen LogP) is 6.29. The van der Waals surface area contributed by atoms with Gasteiger partial charge in [-0.2, -0.15) is 0 Å². The Hall–Kier alpha value is -2.91. The summed E-state index contributed by atoms with van der Waals surface area (Å²) in [5.74, 6) is 1.11. The maximum absolute atomic E-state index is 13.2. The highest BCUT2D eigenvalue weighted by Gasteiger charge is 2.31. The van der Waals surface area contributed by atoms with E-state index in [-0.39, 0.29) is 11.7 Å². The Bertz CT molecular complexity index is 1220. The first-order chi connectivity index (χ1) is 14.2. The molecule has 3 heteroatoms. The van der Waals surface area contributed by atoms with Gasteiger partial charge in [0.05, 0.1) is 11.0 Å². The van der Waals surface area contributed by atoms with Crippen LogP contribution in [0.4, 0.5) is 0 Å². The fourth-order valence-electron chi connectivity index (χ4n) is 4.17. The van der Waals surface area contributed by atoms with Crippen molar-refractivity contribution >= 4 is 39.4 Å². The van der Waals surface area contributed by atoms with Crippen LogP contribution in [0.5, 0.6) is 0 Å². The second kappa shape index (κ2) is 7.49. The summed E-state index contributed by atoms with van der Waals surface area (Å²) in [5, 5.41) is 3.36. The number of nitrogens with zero attached hydrogens (tertiary/aromatic N) is 1. The number of carbonyl (C=O) groups excluding carboxylic acids is 1. The van der Waals surface area contributed by atoms with Gasteiger partial charge in [0, 0.05) is 17.9 Å². The van der Waals surface area contributed by atoms with E-state index in [4.69, 9.17) is 4.99 Å². The van der Waals surface area contributed by atoms with Crippen LogP contribution in [-0.4, -0.2) is 23.1 Å². The molecule has 3 aromatic rings. The van der Waals surface area contributed by atoms with Crippen molar-refractivity contribution in [1.82, 2.24) is 0 Å². The van der Waals surface area contributed by atoms with Crippen molar-refractivity contribution in [2.75, 3.05) is 12.3 Å². The van der Waals surface area contributed by atoms with E-state index < -0.39 is 0 Å². The zero-order chi connectivity index (χ0) is 19.8. The number of benzene rings is 3. The summed E-state index contributed by atoms with van der Waals surface area (Å²) in [6, 6.07) is 22.5. The van der Waals surface area contributed by atoms with Crippen LogP contribution in [-0.2, 0) is 0 Å². The van der Waals surface area contributed by atoms with Crippen molar-refractivity contribution in [3.8, 4) is 0 Å². The Labute approximate surface area is 175 Å². The Kier molecular flexibility index (Phi) is 4.69. The summed E-state index contributed by atoms with van der Waals surface area (Å²) in [5.41, 5.74) is 5.39. The molecule has 5 rings (SSSR count). The number of allylic oxidation sites excluding steroid dienone is 3. The summed E-state index contributed by atoms with van der Waals surface area (Å²) >= 11 is 1.81. The Morgan fingerprint density at radius 1 is 1.03 bits per heavy atom. The zero-order valence-electron chi connectivity index (χ0n) is 16.3. The van der Waals surface area contributed by atoms with Crippen molar-refractivity contribution in [3.63, 3.8) is 0 Å². The molecule has 0 aromatic heterocycles. The number of hydrogen-bond acceptors (Lipinski definition) is 3. The molecule has 142 valence electrons. The monoisotopic (exact) mass is 395 g/mol. The highest BCUT2D eigenvalue weighted by atomic mass is 32.2. The standard InChI is InChI=1S/C26H21NOS/c1-17-14-20-8-4-5-9-22(20)25(26-27-12-13-29-26)23(17)16-24(28)21-11-10-18-6-2-3-7-19(18)15-21/h2-11,14-16,25H,12-13H2,1H3. The first-order valence-electron chi connectivity index (χ1n) is 9.90. The van der Waals surface area contributed by atoms with Gasteiger partial charge in [0.2, 0.25) is 0 Å². The van der Waals surface area contributed by atoms with Gasteiger partial charge >= 0.3 is 0 Å². The molecular formula is C26H21NOS. The molecule has 3 aromatic carbocycles. The fourth-order valence-corrected chi connectivity index (χ4v) is 5.17. The normalized spacial score (nSPS) is 19.8. The number of hydrogen-bond donors (Lipinski definition) is 0. The first-order valence-corrected chi connectivity index (χ1v) is 10.9. The van der Waals surface area contributed by atoms with Gasteiger partial charge in [-0.05, 0) is 52.1 Å². The number of thioether (sulfide) groups is 1. The molecule has 1 heterocycles. The van der Waals surface area contributed by atoms with Crippen LogP contribution in [0.2, 0.25) is 0 Å². The SMILES string of the molecule is CC1=Cc2ccccc2C(C2=NCCS2)C1=CC(=O)c1ccc2ccccc2c1. The molecule has 1 aliphatic heterocycles. The van der Waals surface area contributed by atoms with Crippen LogP contribution in [0.15, 0.2) is 88.9 Å². The summed E-state index contributed by atoms with van der Waals surface area (Å²) in [7, 11) is 0. The van der Waals surface area contributed by atoms with E-state index in [0.29, 0.717) is 0 Å². The average molecular weight is 396 g/mol. The number of fused-ring (bicyclic) bond motifs is 2. The van der Waals surface area contributed by atoms with Crippen LogP contribution in [0.3, 0.4) is 0 Å². The largest absolute Gasteiger partial charge is 0.289 e. The van der Waals surface area contributed by atoms with E-state index in [1.807, 2.05) is 54.2 Å². The number of rotatable bonds is 3. The Morgan fingerprint density at radius 3 is 2.66 bits per heavy atom. The molecule has 0 spiro atoms. The molecule has 0 amide bonds. The molecule has 2 nitrogen and oxygen atoms in total. The minimum absolute atomic E-state index is 0.0477. The van der Waals surface area contributed by atoms with Crippen LogP contribution < -0.4 is 0 Å². The average Bonchev–Trinajstić information content (AvgIpc) is 3.28. The lowest BCUT2D eigenvalue weighted by atomic mass is 9.79. The minimum Gasteiger partial charge on any atom is -0.289 e. The number of aliphatic imine (C=N–C) groups is 1. The summed E-state index contributed by atoms with van der Waals surface area (Å²) in [4.78, 5) is 18.0. The van der Waals surface area contributed by atoms with E-state index in [1.165, 1.54) is 11.1 Å². The summed E-state index contributed by atoms with van der Waals surface area (Å²) in [6.45, 7) is 2.95. The topological polar surface area (TPSA) is 29.4 Å². The fraction of sp³-hybridized carbons (Fsp3) is 0.154. The van der Waals surface area contributed by atoms with Crippen LogP contribution >= 0.6 is 11.8 Å². The maximum Gasteiger partial charge on any atom is 0.186 e. The van der Waals surface area contributed by atoms with Crippen LogP contribution in [0.25, 0.3) is 16.8 Å². The van der Waals surface area contributed by atoms with Gasteiger partial charge in [-0.3, -0.25) is 9.79 Å². The quantitative estimate of drug-likeness (QED) is 0.385. The van der Waals surface area contributed by atoms with Gasteiger partial charge in [0.15, 0.2) is 5.78 Å². The molecule has 0 bridgehead atoms. The van der Waals surface area contributed by atoms with Gasteiger partial charge in [0.25, 0.3) is 0 Å². The van der Waals surface area contributed by atoms with E-state index in [1.54, 1.807) is 0 Å². The molecule has 29 heavy (non-hydrogen) atoms. The minimum atomic E-state index is 0.0477.